The zero-order valence-electron chi connectivity index (χ0n) is 22.9. The zero-order valence-corrected chi connectivity index (χ0v) is 25.3. The fraction of sp³-hybridized carbons (Fsp3) is 0.433. The summed E-state index contributed by atoms with van der Waals surface area (Å²) in [7, 11) is -4.54. The molecular weight excluding hydrogens is 616 g/mol. The molecule has 0 aromatic heterocycles. The smallest absolute Gasteiger partial charge is 0.298 e. The first kappa shape index (κ1) is 29.9. The minimum atomic E-state index is -4.54. The van der Waals surface area contributed by atoms with E-state index in [1.807, 2.05) is 13.8 Å². The number of nitrogens with one attached hydrogen (secondary N) is 1. The molecule has 2 aliphatic heterocycles. The molecule has 0 aliphatic carbocycles. The predicted molar refractivity (Wildman–Crippen MR) is 157 cm³/mol. The van der Waals surface area contributed by atoms with Crippen LogP contribution in [0.4, 0.5) is 8.78 Å². The van der Waals surface area contributed by atoms with Crippen LogP contribution in [0, 0.1) is 0 Å². The van der Waals surface area contributed by atoms with Gasteiger partial charge in [0.2, 0.25) is 15.9 Å². The van der Waals surface area contributed by atoms with Gasteiger partial charge in [-0.05, 0) is 86.2 Å². The minimum absolute atomic E-state index is 0.0176. The Morgan fingerprint density at radius 3 is 2.32 bits per heavy atom. The maximum atomic E-state index is 16.2. The predicted octanol–water partition coefficient (Wildman–Crippen LogP) is 5.70. The number of halogens is 3. The van der Waals surface area contributed by atoms with Crippen molar-refractivity contribution in [3.05, 3.63) is 70.7 Å². The van der Waals surface area contributed by atoms with Gasteiger partial charge in [0.15, 0.2) is 6.04 Å². The Labute approximate surface area is 247 Å². The van der Waals surface area contributed by atoms with Crippen molar-refractivity contribution in [1.29, 1.82) is 0 Å². The van der Waals surface area contributed by atoms with Crippen molar-refractivity contribution >= 4 is 42.6 Å². The fourth-order valence-electron chi connectivity index (χ4n) is 5.83. The first-order valence-corrected chi connectivity index (χ1v) is 16.1. The largest absolute Gasteiger partial charge is 0.491 e. The number of carbonyl (C=O) groups excluding carboxylic acids is 1. The first-order chi connectivity index (χ1) is 19.4. The molecule has 0 radical (unpaired) electrons. The number of piperidine rings is 1. The average molecular weight is 651 g/mol. The van der Waals surface area contributed by atoms with Gasteiger partial charge >= 0.3 is 0 Å². The molecule has 4 atom stereocenters. The first-order valence-electron chi connectivity index (χ1n) is 13.8. The number of nitrogens with zero attached hydrogens (tertiary/aromatic N) is 1. The standard InChI is InChI=1S/C30H34BrF2N3O4S/c1-3-18(2)40-26-12-4-20-15-27(13-5-19(20)14-26)41(38,39)35-28(30(32,33)21-6-8-22(31)9-7-21)29(37)36-24-10-11-25(36)17-23(34)16-24/h4-9,12-15,18,23-25,28,35H,3,10-11,16-17,34H2,1-2H3. The van der Waals surface area contributed by atoms with Crippen LogP contribution in [-0.2, 0) is 20.7 Å². The van der Waals surface area contributed by atoms with Crippen LogP contribution >= 0.6 is 15.9 Å². The van der Waals surface area contributed by atoms with E-state index < -0.39 is 33.5 Å². The quantitative estimate of drug-likeness (QED) is 0.310. The van der Waals surface area contributed by atoms with Crippen LogP contribution in [0.3, 0.4) is 0 Å². The number of hydrogen-bond donors (Lipinski definition) is 2. The molecule has 2 fully saturated rings. The van der Waals surface area contributed by atoms with Gasteiger partial charge in [-0.3, -0.25) is 4.79 Å². The number of rotatable bonds is 9. The van der Waals surface area contributed by atoms with Gasteiger partial charge < -0.3 is 15.4 Å². The van der Waals surface area contributed by atoms with E-state index in [2.05, 4.69) is 20.7 Å². The van der Waals surface area contributed by atoms with Crippen LogP contribution in [0.25, 0.3) is 10.8 Å². The Hall–Kier alpha value is -2.60. The van der Waals surface area contributed by atoms with E-state index in [1.165, 1.54) is 41.3 Å². The Kier molecular flexibility index (Phi) is 8.44. The van der Waals surface area contributed by atoms with Crippen molar-refractivity contribution in [1.82, 2.24) is 9.62 Å². The molecule has 3 N–H and O–H groups in total. The lowest BCUT2D eigenvalue weighted by atomic mass is 9.95. The third-order valence-electron chi connectivity index (χ3n) is 8.14. The molecule has 2 saturated heterocycles. The molecule has 0 spiro atoms. The highest BCUT2D eigenvalue weighted by Crippen LogP contribution is 2.40. The van der Waals surface area contributed by atoms with Gasteiger partial charge in [0.25, 0.3) is 5.92 Å². The summed E-state index contributed by atoms with van der Waals surface area (Å²) in [6.45, 7) is 3.97. The van der Waals surface area contributed by atoms with Crippen LogP contribution in [0.1, 0.15) is 51.5 Å². The fourth-order valence-corrected chi connectivity index (χ4v) is 7.32. The van der Waals surface area contributed by atoms with Gasteiger partial charge in [-0.1, -0.05) is 47.1 Å². The van der Waals surface area contributed by atoms with Gasteiger partial charge in [-0.25, -0.2) is 8.42 Å². The van der Waals surface area contributed by atoms with Gasteiger partial charge in [-0.2, -0.15) is 13.5 Å². The molecule has 4 unspecified atom stereocenters. The molecule has 41 heavy (non-hydrogen) atoms. The monoisotopic (exact) mass is 649 g/mol. The van der Waals surface area contributed by atoms with E-state index in [1.54, 1.807) is 24.3 Å². The van der Waals surface area contributed by atoms with E-state index >= 15 is 8.78 Å². The summed E-state index contributed by atoms with van der Waals surface area (Å²) >= 11 is 3.24. The maximum absolute atomic E-state index is 16.2. The lowest BCUT2D eigenvalue weighted by molar-refractivity contribution is -0.149. The molecular formula is C30H34BrF2N3O4S. The van der Waals surface area contributed by atoms with Crippen molar-refractivity contribution < 1.29 is 26.7 Å². The van der Waals surface area contributed by atoms with Crippen LogP contribution in [0.2, 0.25) is 0 Å². The second-order valence-electron chi connectivity index (χ2n) is 11.1. The molecule has 2 heterocycles. The van der Waals surface area contributed by atoms with E-state index in [4.69, 9.17) is 10.5 Å². The second-order valence-corrected chi connectivity index (χ2v) is 13.7. The summed E-state index contributed by atoms with van der Waals surface area (Å²) in [4.78, 5) is 15.1. The molecule has 0 saturated carbocycles. The molecule has 2 bridgehead atoms. The zero-order chi connectivity index (χ0) is 29.5. The van der Waals surface area contributed by atoms with Crippen molar-refractivity contribution in [3.8, 4) is 5.75 Å². The highest BCUT2D eigenvalue weighted by Gasteiger charge is 2.53. The molecule has 2 aliphatic rings. The molecule has 3 aromatic carbocycles. The Balaban J connectivity index is 1.49. The Morgan fingerprint density at radius 1 is 1.07 bits per heavy atom. The van der Waals surface area contributed by atoms with Crippen molar-refractivity contribution in [3.63, 3.8) is 0 Å². The average Bonchev–Trinajstić information content (AvgIpc) is 3.21. The normalized spacial score (nSPS) is 22.5. The lowest BCUT2D eigenvalue weighted by Gasteiger charge is -2.41. The summed E-state index contributed by atoms with van der Waals surface area (Å²) in [6.07, 6.45) is 3.15. The SMILES string of the molecule is CCC(C)Oc1ccc2cc(S(=O)(=O)NC(C(=O)N3C4CCC3CC(N)C4)C(F)(F)c3ccc(Br)cc3)ccc2c1. The molecule has 220 valence electrons. The van der Waals surface area contributed by atoms with E-state index in [0.29, 0.717) is 41.3 Å². The van der Waals surface area contributed by atoms with Crippen molar-refractivity contribution in [2.24, 2.45) is 5.73 Å². The van der Waals surface area contributed by atoms with E-state index in [-0.39, 0.29) is 29.1 Å². The van der Waals surface area contributed by atoms with Gasteiger partial charge in [0.05, 0.1) is 11.0 Å². The van der Waals surface area contributed by atoms with Crippen LogP contribution < -0.4 is 15.2 Å². The number of amides is 1. The number of hydrogen-bond acceptors (Lipinski definition) is 5. The van der Waals surface area contributed by atoms with Crippen LogP contribution in [-0.4, -0.2) is 49.5 Å². The summed E-state index contributed by atoms with van der Waals surface area (Å²) in [6, 6.07) is 11.8. The minimum Gasteiger partial charge on any atom is -0.491 e. The molecule has 11 heteroatoms. The van der Waals surface area contributed by atoms with E-state index in [9.17, 15) is 13.2 Å². The lowest BCUT2D eigenvalue weighted by Crippen LogP contribution is -2.60. The van der Waals surface area contributed by atoms with Crippen molar-refractivity contribution in [2.45, 2.75) is 87.0 Å². The number of benzene rings is 3. The number of carbonyl (C=O) groups is 1. The summed E-state index contributed by atoms with van der Waals surface area (Å²) < 4.78 is 68.1. The molecule has 3 aromatic rings. The molecule has 1 amide bonds. The molecule has 7 nitrogen and oxygen atoms in total. The highest BCUT2D eigenvalue weighted by molar-refractivity contribution is 9.10. The number of nitrogens with two attached hydrogens (primary N) is 1. The highest BCUT2D eigenvalue weighted by atomic mass is 79.9. The summed E-state index contributed by atoms with van der Waals surface area (Å²) in [5.41, 5.74) is 5.68. The van der Waals surface area contributed by atoms with E-state index in [0.717, 1.165) is 11.8 Å². The van der Waals surface area contributed by atoms with Crippen LogP contribution in [0.15, 0.2) is 70.0 Å². The van der Waals surface area contributed by atoms with Crippen molar-refractivity contribution in [2.75, 3.05) is 0 Å². The Bertz CT molecular complexity index is 1520. The third kappa shape index (κ3) is 6.14. The van der Waals surface area contributed by atoms with Gasteiger partial charge in [0.1, 0.15) is 5.75 Å². The summed E-state index contributed by atoms with van der Waals surface area (Å²) in [5, 5.41) is 1.33. The molecule has 5 rings (SSSR count). The second kappa shape index (κ2) is 11.6. The van der Waals surface area contributed by atoms with Gasteiger partial charge in [0, 0.05) is 28.2 Å². The summed E-state index contributed by atoms with van der Waals surface area (Å²) in [5.74, 6) is -4.12. The van der Waals surface area contributed by atoms with Crippen LogP contribution in [0.5, 0.6) is 5.75 Å². The number of sulfonamides is 1. The maximum Gasteiger partial charge on any atom is 0.298 e. The number of ether oxygens (including phenoxy) is 1. The Morgan fingerprint density at radius 2 is 1.68 bits per heavy atom. The topological polar surface area (TPSA) is 102 Å². The third-order valence-corrected chi connectivity index (χ3v) is 10.1. The number of fused-ring (bicyclic) bond motifs is 3. The van der Waals surface area contributed by atoms with Gasteiger partial charge in [-0.15, -0.1) is 0 Å². The number of alkyl halides is 2.